The largest absolute Gasteiger partial charge is 0.497 e. The number of amides is 1. The SMILES string of the molecule is COc1ccc(NC(=O)C(C)OCCC(C)C)c(N)c1. The molecule has 1 atom stereocenters. The molecular formula is C15H24N2O3. The molecule has 0 aliphatic rings. The summed E-state index contributed by atoms with van der Waals surface area (Å²) in [4.78, 5) is 12.0. The van der Waals surface area contributed by atoms with Crippen LogP contribution in [-0.2, 0) is 9.53 Å². The van der Waals surface area contributed by atoms with Gasteiger partial charge in [-0.1, -0.05) is 13.8 Å². The summed E-state index contributed by atoms with van der Waals surface area (Å²) in [5.74, 6) is 1.01. The Morgan fingerprint density at radius 1 is 1.35 bits per heavy atom. The monoisotopic (exact) mass is 280 g/mol. The van der Waals surface area contributed by atoms with Crippen molar-refractivity contribution in [2.45, 2.75) is 33.3 Å². The zero-order chi connectivity index (χ0) is 15.1. The molecule has 1 amide bonds. The van der Waals surface area contributed by atoms with Crippen molar-refractivity contribution in [3.8, 4) is 5.75 Å². The molecule has 0 saturated carbocycles. The predicted molar refractivity (Wildman–Crippen MR) is 80.9 cm³/mol. The van der Waals surface area contributed by atoms with E-state index >= 15 is 0 Å². The van der Waals surface area contributed by atoms with Gasteiger partial charge in [-0.15, -0.1) is 0 Å². The van der Waals surface area contributed by atoms with E-state index in [1.165, 1.54) is 0 Å². The maximum Gasteiger partial charge on any atom is 0.253 e. The molecule has 3 N–H and O–H groups in total. The third-order valence-electron chi connectivity index (χ3n) is 2.95. The average Bonchev–Trinajstić information content (AvgIpc) is 2.40. The second kappa shape index (κ2) is 7.75. The van der Waals surface area contributed by atoms with Crippen LogP contribution < -0.4 is 15.8 Å². The second-order valence-corrected chi connectivity index (χ2v) is 5.14. The number of hydrogen-bond donors (Lipinski definition) is 2. The van der Waals surface area contributed by atoms with E-state index < -0.39 is 6.10 Å². The third-order valence-corrected chi connectivity index (χ3v) is 2.95. The molecule has 0 saturated heterocycles. The Hall–Kier alpha value is -1.75. The number of methoxy groups -OCH3 is 1. The van der Waals surface area contributed by atoms with Crippen LogP contribution in [0.2, 0.25) is 0 Å². The van der Waals surface area contributed by atoms with E-state index in [1.807, 2.05) is 0 Å². The first-order valence-corrected chi connectivity index (χ1v) is 6.80. The van der Waals surface area contributed by atoms with Gasteiger partial charge in [0.15, 0.2) is 0 Å². The van der Waals surface area contributed by atoms with E-state index in [-0.39, 0.29) is 5.91 Å². The number of nitrogen functional groups attached to an aromatic ring is 1. The number of rotatable bonds is 7. The van der Waals surface area contributed by atoms with Crippen molar-refractivity contribution in [2.75, 3.05) is 24.8 Å². The zero-order valence-corrected chi connectivity index (χ0v) is 12.6. The highest BCUT2D eigenvalue weighted by Crippen LogP contribution is 2.24. The lowest BCUT2D eigenvalue weighted by Crippen LogP contribution is -2.28. The van der Waals surface area contributed by atoms with Crippen LogP contribution in [0.5, 0.6) is 5.75 Å². The first-order valence-electron chi connectivity index (χ1n) is 6.80. The van der Waals surface area contributed by atoms with E-state index in [4.69, 9.17) is 15.2 Å². The lowest BCUT2D eigenvalue weighted by Gasteiger charge is -2.15. The molecule has 1 unspecified atom stereocenters. The van der Waals surface area contributed by atoms with Gasteiger partial charge in [0.05, 0.1) is 18.5 Å². The molecule has 5 heteroatoms. The molecule has 0 bridgehead atoms. The molecule has 0 heterocycles. The van der Waals surface area contributed by atoms with E-state index in [0.29, 0.717) is 29.6 Å². The third kappa shape index (κ3) is 5.09. The fourth-order valence-corrected chi connectivity index (χ4v) is 1.57. The molecule has 1 aromatic carbocycles. The summed E-state index contributed by atoms with van der Waals surface area (Å²) >= 11 is 0. The van der Waals surface area contributed by atoms with Gasteiger partial charge in [-0.25, -0.2) is 0 Å². The zero-order valence-electron chi connectivity index (χ0n) is 12.6. The summed E-state index contributed by atoms with van der Waals surface area (Å²) in [7, 11) is 1.57. The summed E-state index contributed by atoms with van der Waals surface area (Å²) in [5.41, 5.74) is 6.88. The van der Waals surface area contributed by atoms with Gasteiger partial charge in [0.1, 0.15) is 11.9 Å². The number of hydrogen-bond acceptors (Lipinski definition) is 4. The Labute approximate surface area is 120 Å². The summed E-state index contributed by atoms with van der Waals surface area (Å²) in [6, 6.07) is 5.13. The number of nitrogens with one attached hydrogen (secondary N) is 1. The maximum atomic E-state index is 12.0. The summed E-state index contributed by atoms with van der Waals surface area (Å²) in [6.07, 6.45) is 0.428. The molecule has 0 aliphatic heterocycles. The molecule has 112 valence electrons. The second-order valence-electron chi connectivity index (χ2n) is 5.14. The van der Waals surface area contributed by atoms with E-state index in [9.17, 15) is 4.79 Å². The van der Waals surface area contributed by atoms with Gasteiger partial charge in [-0.05, 0) is 31.4 Å². The van der Waals surface area contributed by atoms with Gasteiger partial charge in [0.2, 0.25) is 0 Å². The maximum absolute atomic E-state index is 12.0. The van der Waals surface area contributed by atoms with Gasteiger partial charge in [-0.3, -0.25) is 4.79 Å². The fourth-order valence-electron chi connectivity index (χ4n) is 1.57. The lowest BCUT2D eigenvalue weighted by atomic mass is 10.1. The van der Waals surface area contributed by atoms with Crippen molar-refractivity contribution >= 4 is 17.3 Å². The van der Waals surface area contributed by atoms with Crippen LogP contribution >= 0.6 is 0 Å². The molecule has 1 aromatic rings. The van der Waals surface area contributed by atoms with Crippen LogP contribution in [0.4, 0.5) is 11.4 Å². The highest BCUT2D eigenvalue weighted by Gasteiger charge is 2.15. The van der Waals surface area contributed by atoms with Crippen molar-refractivity contribution in [1.82, 2.24) is 0 Å². The average molecular weight is 280 g/mol. The quantitative estimate of drug-likeness (QED) is 0.753. The first kappa shape index (κ1) is 16.3. The van der Waals surface area contributed by atoms with Crippen molar-refractivity contribution < 1.29 is 14.3 Å². The molecule has 0 aromatic heterocycles. The molecule has 0 aliphatic carbocycles. The van der Waals surface area contributed by atoms with Crippen LogP contribution in [0.25, 0.3) is 0 Å². The summed E-state index contributed by atoms with van der Waals surface area (Å²) < 4.78 is 10.6. The Morgan fingerprint density at radius 3 is 2.60 bits per heavy atom. The number of carbonyl (C=O) groups excluding carboxylic acids is 1. The summed E-state index contributed by atoms with van der Waals surface area (Å²) in [6.45, 7) is 6.54. The molecule has 0 radical (unpaired) electrons. The topological polar surface area (TPSA) is 73.6 Å². The van der Waals surface area contributed by atoms with Gasteiger partial charge < -0.3 is 20.5 Å². The number of carbonyl (C=O) groups is 1. The molecule has 0 spiro atoms. The minimum atomic E-state index is -0.504. The van der Waals surface area contributed by atoms with Crippen molar-refractivity contribution in [2.24, 2.45) is 5.92 Å². The van der Waals surface area contributed by atoms with Crippen molar-refractivity contribution in [3.05, 3.63) is 18.2 Å². The van der Waals surface area contributed by atoms with E-state index in [0.717, 1.165) is 6.42 Å². The normalized spacial score (nSPS) is 12.2. The van der Waals surface area contributed by atoms with Crippen LogP contribution in [0, 0.1) is 5.92 Å². The minimum Gasteiger partial charge on any atom is -0.497 e. The molecular weight excluding hydrogens is 256 g/mol. The van der Waals surface area contributed by atoms with Gasteiger partial charge in [0, 0.05) is 12.7 Å². The minimum absolute atomic E-state index is 0.203. The fraction of sp³-hybridized carbons (Fsp3) is 0.533. The van der Waals surface area contributed by atoms with Crippen LogP contribution in [0.3, 0.4) is 0 Å². The Kier molecular flexibility index (Phi) is 6.31. The number of benzene rings is 1. The summed E-state index contributed by atoms with van der Waals surface area (Å²) in [5, 5.41) is 2.75. The first-order chi connectivity index (χ1) is 9.43. The predicted octanol–water partition coefficient (Wildman–Crippen LogP) is 2.67. The van der Waals surface area contributed by atoms with Crippen molar-refractivity contribution in [1.29, 1.82) is 0 Å². The van der Waals surface area contributed by atoms with E-state index in [1.54, 1.807) is 32.2 Å². The lowest BCUT2D eigenvalue weighted by molar-refractivity contribution is -0.126. The standard InChI is InChI=1S/C15H24N2O3/c1-10(2)7-8-20-11(3)15(18)17-14-6-5-12(19-4)9-13(14)16/h5-6,9-11H,7-8,16H2,1-4H3,(H,17,18). The Balaban J connectivity index is 2.52. The van der Waals surface area contributed by atoms with Gasteiger partial charge in [-0.2, -0.15) is 0 Å². The molecule has 20 heavy (non-hydrogen) atoms. The van der Waals surface area contributed by atoms with E-state index in [2.05, 4.69) is 19.2 Å². The number of ether oxygens (including phenoxy) is 2. The molecule has 0 fully saturated rings. The Morgan fingerprint density at radius 2 is 2.05 bits per heavy atom. The van der Waals surface area contributed by atoms with Crippen LogP contribution in [0.1, 0.15) is 27.2 Å². The molecule has 5 nitrogen and oxygen atoms in total. The number of nitrogens with two attached hydrogens (primary N) is 1. The van der Waals surface area contributed by atoms with Crippen molar-refractivity contribution in [3.63, 3.8) is 0 Å². The van der Waals surface area contributed by atoms with Crippen LogP contribution in [-0.4, -0.2) is 25.7 Å². The van der Waals surface area contributed by atoms with Crippen LogP contribution in [0.15, 0.2) is 18.2 Å². The smallest absolute Gasteiger partial charge is 0.253 e. The Bertz CT molecular complexity index is 447. The van der Waals surface area contributed by atoms with Gasteiger partial charge >= 0.3 is 0 Å². The highest BCUT2D eigenvalue weighted by atomic mass is 16.5. The molecule has 1 rings (SSSR count). The highest BCUT2D eigenvalue weighted by molar-refractivity contribution is 5.96. The number of anilines is 2. The van der Waals surface area contributed by atoms with Gasteiger partial charge in [0.25, 0.3) is 5.91 Å².